The number of hydrogen-bond acceptors (Lipinski definition) is 4. The molecule has 0 bridgehead atoms. The summed E-state index contributed by atoms with van der Waals surface area (Å²) in [5.41, 5.74) is 4.24. The first-order chi connectivity index (χ1) is 9.65. The van der Waals surface area contributed by atoms with Crippen LogP contribution in [0.1, 0.15) is 27.2 Å². The first-order valence-corrected chi connectivity index (χ1v) is 6.72. The van der Waals surface area contributed by atoms with Crippen LogP contribution >= 0.6 is 0 Å². The maximum Gasteiger partial charge on any atom is 0.335 e. The van der Waals surface area contributed by atoms with Crippen molar-refractivity contribution in [3.05, 3.63) is 35.8 Å². The highest BCUT2D eigenvalue weighted by atomic mass is 16.5. The van der Waals surface area contributed by atoms with Crippen molar-refractivity contribution in [2.24, 2.45) is 0 Å². The minimum absolute atomic E-state index is 0.263. The third kappa shape index (κ3) is 2.99. The fraction of sp³-hybridized carbons (Fsp3) is 0.333. The lowest BCUT2D eigenvalue weighted by Gasteiger charge is -2.12. The maximum absolute atomic E-state index is 11.8. The summed E-state index contributed by atoms with van der Waals surface area (Å²) in [6, 6.07) is 5.84. The number of esters is 1. The number of aromatic amines is 1. The van der Waals surface area contributed by atoms with Crippen molar-refractivity contribution in [2.75, 3.05) is 11.9 Å². The van der Waals surface area contributed by atoms with Gasteiger partial charge in [0.05, 0.1) is 29.5 Å². The van der Waals surface area contributed by atoms with E-state index in [1.807, 2.05) is 32.0 Å². The minimum atomic E-state index is -0.263. The van der Waals surface area contributed by atoms with Gasteiger partial charge in [-0.3, -0.25) is 0 Å². The molecule has 0 aliphatic heterocycles. The van der Waals surface area contributed by atoms with Gasteiger partial charge in [0.15, 0.2) is 0 Å². The number of nitrogens with one attached hydrogen (secondary N) is 2. The Morgan fingerprint density at radius 2 is 2.20 bits per heavy atom. The summed E-state index contributed by atoms with van der Waals surface area (Å²) in [6.07, 6.45) is 2.29. The number of imidazole rings is 1. The SMILES string of the molecule is CCOC(=O)/C(CC)=C(/C)Nc1ccc2[nH]cnc2c1. The number of anilines is 1. The molecule has 1 aromatic heterocycles. The third-order valence-electron chi connectivity index (χ3n) is 3.08. The number of H-pyrrole nitrogens is 1. The van der Waals surface area contributed by atoms with Crippen LogP contribution in [0.5, 0.6) is 0 Å². The van der Waals surface area contributed by atoms with Gasteiger partial charge >= 0.3 is 5.97 Å². The van der Waals surface area contributed by atoms with E-state index in [1.54, 1.807) is 13.3 Å². The number of nitrogens with zero attached hydrogens (tertiary/aromatic N) is 1. The van der Waals surface area contributed by atoms with Crippen molar-refractivity contribution in [2.45, 2.75) is 27.2 Å². The largest absolute Gasteiger partial charge is 0.463 e. The molecule has 0 fully saturated rings. The molecule has 0 saturated carbocycles. The number of aromatic nitrogens is 2. The predicted octanol–water partition coefficient (Wildman–Crippen LogP) is 3.22. The Morgan fingerprint density at radius 1 is 1.40 bits per heavy atom. The van der Waals surface area contributed by atoms with Crippen LogP contribution in [0.4, 0.5) is 5.69 Å². The van der Waals surface area contributed by atoms with Gasteiger partial charge in [0.25, 0.3) is 0 Å². The first-order valence-electron chi connectivity index (χ1n) is 6.72. The fourth-order valence-corrected chi connectivity index (χ4v) is 2.08. The minimum Gasteiger partial charge on any atom is -0.463 e. The third-order valence-corrected chi connectivity index (χ3v) is 3.08. The number of carbonyl (C=O) groups excluding carboxylic acids is 1. The Bertz CT molecular complexity index is 643. The van der Waals surface area contributed by atoms with Gasteiger partial charge in [-0.1, -0.05) is 6.92 Å². The van der Waals surface area contributed by atoms with E-state index < -0.39 is 0 Å². The number of carbonyl (C=O) groups is 1. The summed E-state index contributed by atoms with van der Waals surface area (Å²) in [6.45, 7) is 6.01. The second-order valence-electron chi connectivity index (χ2n) is 4.44. The van der Waals surface area contributed by atoms with Crippen molar-refractivity contribution in [1.29, 1.82) is 0 Å². The molecule has 1 aromatic carbocycles. The smallest absolute Gasteiger partial charge is 0.335 e. The molecule has 1 heterocycles. The molecule has 0 spiro atoms. The summed E-state index contributed by atoms with van der Waals surface area (Å²) in [7, 11) is 0. The zero-order chi connectivity index (χ0) is 14.5. The van der Waals surface area contributed by atoms with E-state index in [0.717, 1.165) is 22.4 Å². The van der Waals surface area contributed by atoms with E-state index in [0.29, 0.717) is 18.6 Å². The highest BCUT2D eigenvalue weighted by Crippen LogP contribution is 2.19. The molecule has 5 heteroatoms. The van der Waals surface area contributed by atoms with E-state index in [1.165, 1.54) is 0 Å². The van der Waals surface area contributed by atoms with Crippen molar-refractivity contribution >= 4 is 22.7 Å². The van der Waals surface area contributed by atoms with Gasteiger partial charge < -0.3 is 15.0 Å². The molecule has 0 amide bonds. The molecule has 0 aliphatic carbocycles. The van der Waals surface area contributed by atoms with Crippen LogP contribution in [0, 0.1) is 0 Å². The number of fused-ring (bicyclic) bond motifs is 1. The molecule has 0 radical (unpaired) electrons. The number of allylic oxidation sites excluding steroid dienone is 1. The lowest BCUT2D eigenvalue weighted by molar-refractivity contribution is -0.138. The zero-order valence-electron chi connectivity index (χ0n) is 12.0. The van der Waals surface area contributed by atoms with Gasteiger partial charge in [-0.2, -0.15) is 0 Å². The highest BCUT2D eigenvalue weighted by molar-refractivity contribution is 5.90. The Labute approximate surface area is 118 Å². The second-order valence-corrected chi connectivity index (χ2v) is 4.44. The van der Waals surface area contributed by atoms with Gasteiger partial charge in [-0.15, -0.1) is 0 Å². The zero-order valence-corrected chi connectivity index (χ0v) is 12.0. The van der Waals surface area contributed by atoms with Crippen molar-refractivity contribution in [3.63, 3.8) is 0 Å². The first kappa shape index (κ1) is 14.1. The second kappa shape index (κ2) is 6.23. The van der Waals surface area contributed by atoms with Gasteiger partial charge in [0.1, 0.15) is 0 Å². The van der Waals surface area contributed by atoms with Crippen LogP contribution in [-0.4, -0.2) is 22.5 Å². The van der Waals surface area contributed by atoms with Crippen molar-refractivity contribution in [1.82, 2.24) is 9.97 Å². The Balaban J connectivity index is 2.23. The molecule has 2 N–H and O–H groups in total. The fourth-order valence-electron chi connectivity index (χ4n) is 2.08. The lowest BCUT2D eigenvalue weighted by Crippen LogP contribution is -2.12. The summed E-state index contributed by atoms with van der Waals surface area (Å²) in [5.74, 6) is -0.263. The number of hydrogen-bond donors (Lipinski definition) is 2. The van der Waals surface area contributed by atoms with E-state index in [2.05, 4.69) is 15.3 Å². The standard InChI is InChI=1S/C15H19N3O2/c1-4-12(15(19)20-5-2)10(3)18-11-6-7-13-14(8-11)17-9-16-13/h6-9,18H,4-5H2,1-3H3,(H,16,17)/b12-10-. The van der Waals surface area contributed by atoms with Crippen LogP contribution in [0.2, 0.25) is 0 Å². The van der Waals surface area contributed by atoms with Gasteiger partial charge in [0.2, 0.25) is 0 Å². The van der Waals surface area contributed by atoms with Gasteiger partial charge in [-0.25, -0.2) is 9.78 Å². The Kier molecular flexibility index (Phi) is 4.40. The summed E-state index contributed by atoms with van der Waals surface area (Å²) in [4.78, 5) is 19.1. The number of benzene rings is 1. The quantitative estimate of drug-likeness (QED) is 0.648. The molecule has 0 aliphatic rings. The summed E-state index contributed by atoms with van der Waals surface area (Å²) in [5, 5.41) is 3.24. The van der Waals surface area contributed by atoms with Crippen LogP contribution in [-0.2, 0) is 9.53 Å². The van der Waals surface area contributed by atoms with E-state index in [4.69, 9.17) is 4.74 Å². The molecular formula is C15H19N3O2. The maximum atomic E-state index is 11.8. The highest BCUT2D eigenvalue weighted by Gasteiger charge is 2.12. The normalized spacial score (nSPS) is 12.2. The molecule has 2 rings (SSSR count). The number of rotatable bonds is 5. The molecule has 5 nitrogen and oxygen atoms in total. The van der Waals surface area contributed by atoms with Crippen LogP contribution in [0.3, 0.4) is 0 Å². The average Bonchev–Trinajstić information content (AvgIpc) is 2.87. The van der Waals surface area contributed by atoms with E-state index in [-0.39, 0.29) is 5.97 Å². The van der Waals surface area contributed by atoms with Crippen LogP contribution < -0.4 is 5.32 Å². The molecule has 20 heavy (non-hydrogen) atoms. The molecule has 2 aromatic rings. The van der Waals surface area contributed by atoms with E-state index in [9.17, 15) is 4.79 Å². The molecule has 0 atom stereocenters. The van der Waals surface area contributed by atoms with E-state index >= 15 is 0 Å². The van der Waals surface area contributed by atoms with Gasteiger partial charge in [-0.05, 0) is 38.5 Å². The average molecular weight is 273 g/mol. The van der Waals surface area contributed by atoms with Gasteiger partial charge in [0, 0.05) is 11.4 Å². The predicted molar refractivity (Wildman–Crippen MR) is 79.3 cm³/mol. The monoisotopic (exact) mass is 273 g/mol. The lowest BCUT2D eigenvalue weighted by atomic mass is 10.1. The van der Waals surface area contributed by atoms with Crippen LogP contribution in [0.25, 0.3) is 11.0 Å². The Hall–Kier alpha value is -2.30. The summed E-state index contributed by atoms with van der Waals surface area (Å²) < 4.78 is 5.06. The van der Waals surface area contributed by atoms with Crippen molar-refractivity contribution in [3.8, 4) is 0 Å². The molecule has 0 unspecified atom stereocenters. The van der Waals surface area contributed by atoms with Crippen molar-refractivity contribution < 1.29 is 9.53 Å². The topological polar surface area (TPSA) is 67.0 Å². The van der Waals surface area contributed by atoms with Crippen LogP contribution in [0.15, 0.2) is 35.8 Å². The number of ether oxygens (including phenoxy) is 1. The molecule has 106 valence electrons. The molecular weight excluding hydrogens is 254 g/mol. The molecule has 0 saturated heterocycles. The summed E-state index contributed by atoms with van der Waals surface area (Å²) >= 11 is 0. The Morgan fingerprint density at radius 3 is 2.90 bits per heavy atom.